The molecule has 8 nitrogen and oxygen atoms in total. The van der Waals surface area contributed by atoms with Crippen LogP contribution in [0.25, 0.3) is 0 Å². The average Bonchev–Trinajstić information content (AvgIpc) is 3.13. The summed E-state index contributed by atoms with van der Waals surface area (Å²) < 4.78 is 16.3. The van der Waals surface area contributed by atoms with E-state index in [2.05, 4.69) is 10.6 Å². The molecule has 4 atom stereocenters. The first kappa shape index (κ1) is 25.6. The molecule has 2 rings (SSSR count). The fraction of sp³-hybridized carbons (Fsp3) is 0.625. The van der Waals surface area contributed by atoms with E-state index in [1.807, 2.05) is 44.2 Å². The molecule has 0 radical (unpaired) electrons. The lowest BCUT2D eigenvalue weighted by atomic mass is 10.00. The maximum Gasteiger partial charge on any atom is 0.407 e. The largest absolute Gasteiger partial charge is 0.464 e. The molecule has 1 fully saturated rings. The maximum absolute atomic E-state index is 13.0. The van der Waals surface area contributed by atoms with Gasteiger partial charge in [0.25, 0.3) is 0 Å². The highest BCUT2D eigenvalue weighted by Crippen LogP contribution is 2.15. The van der Waals surface area contributed by atoms with Crippen LogP contribution in [-0.2, 0) is 30.2 Å². The Kier molecular flexibility index (Phi) is 9.50. The van der Waals surface area contributed by atoms with Gasteiger partial charge in [-0.15, -0.1) is 0 Å². The fourth-order valence-corrected chi connectivity index (χ4v) is 3.26. The summed E-state index contributed by atoms with van der Waals surface area (Å²) in [7, 11) is 0. The molecule has 0 aromatic heterocycles. The van der Waals surface area contributed by atoms with E-state index in [1.165, 1.54) is 0 Å². The normalized spacial score (nSPS) is 18.9. The number of amides is 2. The maximum atomic E-state index is 13.0. The molecule has 178 valence electrons. The van der Waals surface area contributed by atoms with Gasteiger partial charge in [-0.1, -0.05) is 50.6 Å². The van der Waals surface area contributed by atoms with E-state index in [-0.39, 0.29) is 24.5 Å². The van der Waals surface area contributed by atoms with E-state index in [9.17, 15) is 14.4 Å². The van der Waals surface area contributed by atoms with Crippen LogP contribution in [0.5, 0.6) is 0 Å². The predicted molar refractivity (Wildman–Crippen MR) is 120 cm³/mol. The Morgan fingerprint density at radius 3 is 2.47 bits per heavy atom. The first-order valence-corrected chi connectivity index (χ1v) is 11.2. The number of nitrogens with one attached hydrogen (secondary N) is 2. The third-order valence-corrected chi connectivity index (χ3v) is 5.32. The summed E-state index contributed by atoms with van der Waals surface area (Å²) in [6.07, 6.45) is 0.252. The monoisotopic (exact) mass is 448 g/mol. The number of alkyl carbamates (subject to hydrolysis) is 1. The molecule has 1 aromatic carbocycles. The van der Waals surface area contributed by atoms with Gasteiger partial charge < -0.3 is 24.8 Å². The number of cyclic esters (lactones) is 1. The summed E-state index contributed by atoms with van der Waals surface area (Å²) in [4.78, 5) is 37.0. The molecule has 32 heavy (non-hydrogen) atoms. The number of ether oxygens (including phenoxy) is 3. The zero-order valence-electron chi connectivity index (χ0n) is 19.7. The average molecular weight is 449 g/mol. The van der Waals surface area contributed by atoms with Crippen LogP contribution in [0.1, 0.15) is 53.0 Å². The molecular formula is C24H36N2O6. The van der Waals surface area contributed by atoms with E-state index < -0.39 is 29.8 Å². The highest BCUT2D eigenvalue weighted by atomic mass is 16.6. The lowest BCUT2D eigenvalue weighted by Gasteiger charge is -2.28. The number of benzene rings is 1. The summed E-state index contributed by atoms with van der Waals surface area (Å²) in [5, 5.41) is 5.61. The number of carbonyl (C=O) groups is 3. The van der Waals surface area contributed by atoms with Crippen LogP contribution >= 0.6 is 0 Å². The van der Waals surface area contributed by atoms with Gasteiger partial charge in [0.2, 0.25) is 5.91 Å². The molecule has 1 saturated heterocycles. The van der Waals surface area contributed by atoms with Crippen molar-refractivity contribution >= 4 is 18.0 Å². The fourth-order valence-electron chi connectivity index (χ4n) is 3.26. The predicted octanol–water partition coefficient (Wildman–Crippen LogP) is 2.99. The molecule has 1 aliphatic heterocycles. The Balaban J connectivity index is 2.08. The van der Waals surface area contributed by atoms with Gasteiger partial charge in [-0.2, -0.15) is 0 Å². The summed E-state index contributed by atoms with van der Waals surface area (Å²) in [5.41, 5.74) is 0.318. The third-order valence-electron chi connectivity index (χ3n) is 5.32. The summed E-state index contributed by atoms with van der Waals surface area (Å²) in [5.74, 6) is -0.702. The van der Waals surface area contributed by atoms with Crippen LogP contribution in [0.2, 0.25) is 0 Å². The van der Waals surface area contributed by atoms with Crippen molar-refractivity contribution in [2.24, 2.45) is 5.92 Å². The molecule has 0 bridgehead atoms. The van der Waals surface area contributed by atoms with Gasteiger partial charge in [-0.25, -0.2) is 9.59 Å². The van der Waals surface area contributed by atoms with E-state index >= 15 is 0 Å². The Bertz CT molecular complexity index is 762. The smallest absolute Gasteiger partial charge is 0.407 e. The van der Waals surface area contributed by atoms with E-state index in [4.69, 9.17) is 14.2 Å². The third kappa shape index (κ3) is 8.49. The lowest BCUT2D eigenvalue weighted by Crippen LogP contribution is -2.49. The first-order valence-electron chi connectivity index (χ1n) is 11.2. The molecule has 1 heterocycles. The SMILES string of the molecule is CC[C@H](C)C(COC(Cc1ccccc1)C(=O)N[C@H]1CCOC1=O)NC(=O)OC(C)(C)C. The van der Waals surface area contributed by atoms with E-state index in [1.54, 1.807) is 20.8 Å². The number of hydrogen-bond donors (Lipinski definition) is 2. The second kappa shape index (κ2) is 11.9. The first-order chi connectivity index (χ1) is 15.1. The molecule has 2 unspecified atom stereocenters. The van der Waals surface area contributed by atoms with Gasteiger partial charge in [-0.05, 0) is 32.3 Å². The Morgan fingerprint density at radius 2 is 1.91 bits per heavy atom. The molecule has 1 aliphatic rings. The van der Waals surface area contributed by atoms with Gasteiger partial charge in [0.1, 0.15) is 17.7 Å². The van der Waals surface area contributed by atoms with Gasteiger partial charge in [-0.3, -0.25) is 4.79 Å². The lowest BCUT2D eigenvalue weighted by molar-refractivity contribution is -0.143. The van der Waals surface area contributed by atoms with Gasteiger partial charge in [0, 0.05) is 12.8 Å². The van der Waals surface area contributed by atoms with Crippen LogP contribution in [0.3, 0.4) is 0 Å². The minimum Gasteiger partial charge on any atom is -0.464 e. The molecule has 2 N–H and O–H groups in total. The van der Waals surface area contributed by atoms with Gasteiger partial charge in [0.15, 0.2) is 0 Å². The van der Waals surface area contributed by atoms with Crippen LogP contribution in [0, 0.1) is 5.92 Å². The Hall–Kier alpha value is -2.61. The van der Waals surface area contributed by atoms with Crippen molar-refractivity contribution in [1.29, 1.82) is 0 Å². The van der Waals surface area contributed by atoms with Crippen molar-refractivity contribution in [3.63, 3.8) is 0 Å². The number of carbonyl (C=O) groups excluding carboxylic acids is 3. The Labute approximate surface area is 190 Å². The summed E-state index contributed by atoms with van der Waals surface area (Å²) in [6, 6.07) is 8.52. The van der Waals surface area contributed by atoms with Gasteiger partial charge >= 0.3 is 12.1 Å². The molecule has 0 aliphatic carbocycles. The second-order valence-corrected chi connectivity index (χ2v) is 9.17. The van der Waals surface area contributed by atoms with Crippen molar-refractivity contribution < 1.29 is 28.6 Å². The van der Waals surface area contributed by atoms with Crippen molar-refractivity contribution in [3.05, 3.63) is 35.9 Å². The van der Waals surface area contributed by atoms with Crippen molar-refractivity contribution in [3.8, 4) is 0 Å². The number of esters is 1. The molecule has 0 saturated carbocycles. The quantitative estimate of drug-likeness (QED) is 0.534. The van der Waals surface area contributed by atoms with Crippen molar-refractivity contribution in [2.45, 2.75) is 77.7 Å². The summed E-state index contributed by atoms with van der Waals surface area (Å²) >= 11 is 0. The number of rotatable bonds is 10. The zero-order valence-corrected chi connectivity index (χ0v) is 19.7. The topological polar surface area (TPSA) is 103 Å². The van der Waals surface area contributed by atoms with Crippen molar-refractivity contribution in [2.75, 3.05) is 13.2 Å². The highest BCUT2D eigenvalue weighted by molar-refractivity contribution is 5.87. The summed E-state index contributed by atoms with van der Waals surface area (Å²) in [6.45, 7) is 9.86. The molecular weight excluding hydrogens is 412 g/mol. The van der Waals surface area contributed by atoms with Gasteiger partial charge in [0.05, 0.1) is 19.3 Å². The van der Waals surface area contributed by atoms with Crippen molar-refractivity contribution in [1.82, 2.24) is 10.6 Å². The molecule has 0 spiro atoms. The molecule has 1 aromatic rings. The van der Waals surface area contributed by atoms with E-state index in [0.29, 0.717) is 19.4 Å². The number of hydrogen-bond acceptors (Lipinski definition) is 6. The van der Waals surface area contributed by atoms with E-state index in [0.717, 1.165) is 12.0 Å². The zero-order chi connectivity index (χ0) is 23.7. The minimum atomic E-state index is -0.821. The minimum absolute atomic E-state index is 0.104. The van der Waals surface area contributed by atoms with Crippen LogP contribution in [0.4, 0.5) is 4.79 Å². The second-order valence-electron chi connectivity index (χ2n) is 9.17. The standard InChI is InChI=1S/C24H36N2O6/c1-6-16(2)19(26-23(29)32-24(3,4)5)15-31-20(14-17-10-8-7-9-11-17)21(27)25-18-12-13-30-22(18)28/h7-11,16,18-20H,6,12-15H2,1-5H3,(H,25,27)(H,26,29)/t16-,18-,19?,20?/m0/s1. The van der Waals surface area contributed by atoms with Crippen LogP contribution in [0.15, 0.2) is 30.3 Å². The molecule has 8 heteroatoms. The highest BCUT2D eigenvalue weighted by Gasteiger charge is 2.32. The Morgan fingerprint density at radius 1 is 1.22 bits per heavy atom. The van der Waals surface area contributed by atoms with Crippen LogP contribution < -0.4 is 10.6 Å². The van der Waals surface area contributed by atoms with Crippen LogP contribution in [-0.4, -0.2) is 55.0 Å². The molecule has 2 amide bonds.